The smallest absolute Gasteiger partial charge is 0.319 e. The van der Waals surface area contributed by atoms with Crippen molar-refractivity contribution in [2.24, 2.45) is 0 Å². The first kappa shape index (κ1) is 13.4. The van der Waals surface area contributed by atoms with Crippen LogP contribution < -0.4 is 0 Å². The third-order valence-electron chi connectivity index (χ3n) is 2.20. The molecule has 0 saturated carbocycles. The number of aromatic nitrogens is 1. The lowest BCUT2D eigenvalue weighted by Crippen LogP contribution is -2.28. The fraction of sp³-hybridized carbons (Fsp3) is 0.400. The molecule has 1 amide bonds. The summed E-state index contributed by atoms with van der Waals surface area (Å²) < 4.78 is 0. The number of halogens is 1. The van der Waals surface area contributed by atoms with Gasteiger partial charge in [0.15, 0.2) is 0 Å². The molecule has 1 heterocycles. The molecule has 0 bridgehead atoms. The van der Waals surface area contributed by atoms with Crippen molar-refractivity contribution in [1.29, 1.82) is 0 Å². The van der Waals surface area contributed by atoms with Crippen molar-refractivity contribution in [3.05, 3.63) is 33.1 Å². The summed E-state index contributed by atoms with van der Waals surface area (Å²) in [6.07, 6.45) is 2.05. The quantitative estimate of drug-likeness (QED) is 0.470. The van der Waals surface area contributed by atoms with Gasteiger partial charge in [0.2, 0.25) is 5.15 Å². The van der Waals surface area contributed by atoms with E-state index in [1.165, 1.54) is 17.2 Å². The van der Waals surface area contributed by atoms with Crippen molar-refractivity contribution in [2.45, 2.75) is 13.3 Å². The van der Waals surface area contributed by atoms with Crippen LogP contribution in [0.15, 0.2) is 12.3 Å². The highest BCUT2D eigenvalue weighted by molar-refractivity contribution is 6.32. The molecule has 0 spiro atoms. The fourth-order valence-electron chi connectivity index (χ4n) is 1.42. The second kappa shape index (κ2) is 5.58. The largest absolute Gasteiger partial charge is 0.341 e. The van der Waals surface area contributed by atoms with E-state index in [2.05, 4.69) is 4.98 Å². The summed E-state index contributed by atoms with van der Waals surface area (Å²) in [7, 11) is 1.59. The number of nitrogens with zero attached hydrogens (tertiary/aromatic N) is 3. The number of hydrogen-bond donors (Lipinski definition) is 0. The van der Waals surface area contributed by atoms with E-state index in [1.54, 1.807) is 7.05 Å². The highest BCUT2D eigenvalue weighted by Crippen LogP contribution is 2.26. The normalized spacial score (nSPS) is 10.1. The van der Waals surface area contributed by atoms with Crippen LogP contribution in [0.2, 0.25) is 5.15 Å². The molecule has 0 aromatic carbocycles. The predicted octanol–water partition coefficient (Wildman–Crippen LogP) is 2.13. The maximum atomic E-state index is 11.9. The van der Waals surface area contributed by atoms with Gasteiger partial charge in [-0.2, -0.15) is 0 Å². The Kier molecular flexibility index (Phi) is 4.39. The first-order valence-electron chi connectivity index (χ1n) is 5.03. The molecule has 0 aliphatic carbocycles. The summed E-state index contributed by atoms with van der Waals surface area (Å²) in [4.78, 5) is 27.1. The minimum atomic E-state index is -0.692. The zero-order chi connectivity index (χ0) is 13.0. The molecule has 0 aliphatic heterocycles. The molecule has 0 aliphatic rings. The summed E-state index contributed by atoms with van der Waals surface area (Å²) >= 11 is 5.63. The van der Waals surface area contributed by atoms with Crippen LogP contribution in [0.5, 0.6) is 0 Å². The maximum absolute atomic E-state index is 11.9. The molecule has 0 unspecified atom stereocenters. The van der Waals surface area contributed by atoms with E-state index < -0.39 is 16.5 Å². The molecular weight excluding hydrogens is 246 g/mol. The van der Waals surface area contributed by atoms with E-state index >= 15 is 0 Å². The Hall–Kier alpha value is -1.69. The molecule has 92 valence electrons. The van der Waals surface area contributed by atoms with Crippen LogP contribution in [0, 0.1) is 10.1 Å². The number of carbonyl (C=O) groups excluding carboxylic acids is 1. The summed E-state index contributed by atoms with van der Waals surface area (Å²) in [6, 6.07) is 1.30. The van der Waals surface area contributed by atoms with Crippen molar-refractivity contribution in [3.63, 3.8) is 0 Å². The average molecular weight is 258 g/mol. The van der Waals surface area contributed by atoms with Gasteiger partial charge in [0.25, 0.3) is 5.91 Å². The van der Waals surface area contributed by atoms with Gasteiger partial charge >= 0.3 is 5.69 Å². The van der Waals surface area contributed by atoms with Crippen molar-refractivity contribution in [2.75, 3.05) is 13.6 Å². The van der Waals surface area contributed by atoms with Gasteiger partial charge in [-0.25, -0.2) is 4.98 Å². The van der Waals surface area contributed by atoms with E-state index in [0.29, 0.717) is 6.54 Å². The topological polar surface area (TPSA) is 76.3 Å². The summed E-state index contributed by atoms with van der Waals surface area (Å²) in [6.45, 7) is 2.44. The highest BCUT2D eigenvalue weighted by atomic mass is 35.5. The third-order valence-corrected chi connectivity index (χ3v) is 2.47. The van der Waals surface area contributed by atoms with E-state index in [1.807, 2.05) is 6.92 Å². The summed E-state index contributed by atoms with van der Waals surface area (Å²) in [5, 5.41) is 10.6. The molecular formula is C10H12ClN3O3. The van der Waals surface area contributed by atoms with Gasteiger partial charge in [0.1, 0.15) is 5.56 Å². The number of nitro groups is 1. The lowest BCUT2D eigenvalue weighted by molar-refractivity contribution is -0.385. The average Bonchev–Trinajstić information content (AvgIpc) is 2.27. The fourth-order valence-corrected chi connectivity index (χ4v) is 1.64. The van der Waals surface area contributed by atoms with E-state index in [4.69, 9.17) is 11.6 Å². The molecule has 0 saturated heterocycles. The van der Waals surface area contributed by atoms with Gasteiger partial charge in [-0.3, -0.25) is 14.9 Å². The Morgan fingerprint density at radius 1 is 1.65 bits per heavy atom. The predicted molar refractivity (Wildman–Crippen MR) is 63.2 cm³/mol. The van der Waals surface area contributed by atoms with E-state index in [0.717, 1.165) is 6.42 Å². The lowest BCUT2D eigenvalue weighted by atomic mass is 10.2. The minimum Gasteiger partial charge on any atom is -0.341 e. The lowest BCUT2D eigenvalue weighted by Gasteiger charge is -2.15. The zero-order valence-corrected chi connectivity index (χ0v) is 10.3. The Morgan fingerprint density at radius 2 is 2.29 bits per heavy atom. The minimum absolute atomic E-state index is 0.0362. The van der Waals surface area contributed by atoms with Gasteiger partial charge in [-0.15, -0.1) is 0 Å². The van der Waals surface area contributed by atoms with Crippen LogP contribution in [0.25, 0.3) is 0 Å². The van der Waals surface area contributed by atoms with Crippen LogP contribution in [0.1, 0.15) is 23.7 Å². The number of pyridine rings is 1. The zero-order valence-electron chi connectivity index (χ0n) is 9.51. The molecule has 1 rings (SSSR count). The Bertz CT molecular complexity index is 450. The van der Waals surface area contributed by atoms with Gasteiger partial charge < -0.3 is 4.90 Å². The number of amides is 1. The van der Waals surface area contributed by atoms with Crippen molar-refractivity contribution in [3.8, 4) is 0 Å². The van der Waals surface area contributed by atoms with Crippen LogP contribution in [-0.2, 0) is 0 Å². The first-order valence-corrected chi connectivity index (χ1v) is 5.41. The van der Waals surface area contributed by atoms with Gasteiger partial charge in [0.05, 0.1) is 4.92 Å². The van der Waals surface area contributed by atoms with E-state index in [-0.39, 0.29) is 10.7 Å². The monoisotopic (exact) mass is 257 g/mol. The van der Waals surface area contributed by atoms with Crippen LogP contribution in [-0.4, -0.2) is 34.3 Å². The highest BCUT2D eigenvalue weighted by Gasteiger charge is 2.26. The molecule has 17 heavy (non-hydrogen) atoms. The molecule has 6 nitrogen and oxygen atoms in total. The molecule has 0 N–H and O–H groups in total. The number of hydrogen-bond acceptors (Lipinski definition) is 4. The SMILES string of the molecule is CCCN(C)C(=O)c1ccnc(Cl)c1[N+](=O)[O-]. The summed E-state index contributed by atoms with van der Waals surface area (Å²) in [5.41, 5.74) is -0.479. The first-order chi connectivity index (χ1) is 7.99. The summed E-state index contributed by atoms with van der Waals surface area (Å²) in [5.74, 6) is -0.428. The van der Waals surface area contributed by atoms with Gasteiger partial charge in [-0.1, -0.05) is 18.5 Å². The Labute approximate surface area is 103 Å². The Balaban J connectivity index is 3.18. The number of rotatable bonds is 4. The second-order valence-corrected chi connectivity index (χ2v) is 3.84. The second-order valence-electron chi connectivity index (χ2n) is 3.48. The molecule has 1 aromatic heterocycles. The van der Waals surface area contributed by atoms with E-state index in [9.17, 15) is 14.9 Å². The molecule has 0 radical (unpaired) electrons. The third kappa shape index (κ3) is 2.91. The molecule has 0 fully saturated rings. The van der Waals surface area contributed by atoms with Gasteiger partial charge in [-0.05, 0) is 12.5 Å². The standard InChI is InChI=1S/C10H12ClN3O3/c1-3-6-13(2)10(15)7-4-5-12-9(11)8(7)14(16)17/h4-5H,3,6H2,1-2H3. The van der Waals surface area contributed by atoms with Crippen LogP contribution in [0.3, 0.4) is 0 Å². The molecule has 1 aromatic rings. The number of carbonyl (C=O) groups is 1. The maximum Gasteiger partial charge on any atom is 0.319 e. The van der Waals surface area contributed by atoms with Crippen LogP contribution >= 0.6 is 11.6 Å². The Morgan fingerprint density at radius 3 is 2.82 bits per heavy atom. The van der Waals surface area contributed by atoms with Crippen molar-refractivity contribution < 1.29 is 9.72 Å². The van der Waals surface area contributed by atoms with Crippen molar-refractivity contribution in [1.82, 2.24) is 9.88 Å². The van der Waals surface area contributed by atoms with Crippen LogP contribution in [0.4, 0.5) is 5.69 Å². The van der Waals surface area contributed by atoms with Crippen molar-refractivity contribution >= 4 is 23.2 Å². The molecule has 7 heteroatoms. The molecule has 0 atom stereocenters. The van der Waals surface area contributed by atoms with Gasteiger partial charge in [0, 0.05) is 19.8 Å².